The second kappa shape index (κ2) is 8.39. The Bertz CT molecular complexity index is 1550. The van der Waals surface area contributed by atoms with E-state index in [2.05, 4.69) is 10.3 Å². The van der Waals surface area contributed by atoms with E-state index in [-0.39, 0.29) is 18.0 Å². The van der Waals surface area contributed by atoms with E-state index in [1.807, 2.05) is 86.6 Å². The lowest BCUT2D eigenvalue weighted by Crippen LogP contribution is -2.25. The molecule has 6 nitrogen and oxygen atoms in total. The van der Waals surface area contributed by atoms with Crippen LogP contribution in [0.5, 0.6) is 0 Å². The maximum atomic E-state index is 13.5. The van der Waals surface area contributed by atoms with E-state index in [1.165, 1.54) is 0 Å². The first-order chi connectivity index (χ1) is 16.0. The second-order valence-electron chi connectivity index (χ2n) is 8.33. The molecule has 2 aromatic heterocycles. The van der Waals surface area contributed by atoms with Crippen LogP contribution in [0.3, 0.4) is 0 Å². The molecule has 1 amide bonds. The third-order valence-electron chi connectivity index (χ3n) is 5.90. The molecule has 0 fully saturated rings. The van der Waals surface area contributed by atoms with Crippen LogP contribution < -0.4 is 10.9 Å². The topological polar surface area (TPSA) is 68.9 Å². The summed E-state index contributed by atoms with van der Waals surface area (Å²) in [5.41, 5.74) is 5.54. The molecule has 5 aromatic rings. The summed E-state index contributed by atoms with van der Waals surface area (Å²) in [5, 5.41) is 3.86. The van der Waals surface area contributed by atoms with Gasteiger partial charge in [-0.3, -0.25) is 14.2 Å². The van der Waals surface area contributed by atoms with Crippen molar-refractivity contribution < 1.29 is 4.79 Å². The molecule has 0 aliphatic carbocycles. The first-order valence-corrected chi connectivity index (χ1v) is 10.9. The highest BCUT2D eigenvalue weighted by atomic mass is 16.2. The average Bonchev–Trinajstić information content (AvgIpc) is 3.13. The summed E-state index contributed by atoms with van der Waals surface area (Å²) >= 11 is 0. The number of aryl methyl sites for hydroxylation is 2. The number of nitrogens with zero attached hydrogens (tertiary/aromatic N) is 3. The van der Waals surface area contributed by atoms with Crippen molar-refractivity contribution >= 4 is 33.5 Å². The lowest BCUT2D eigenvalue weighted by Gasteiger charge is -2.12. The van der Waals surface area contributed by atoms with Crippen molar-refractivity contribution in [3.63, 3.8) is 0 Å². The zero-order chi connectivity index (χ0) is 22.9. The van der Waals surface area contributed by atoms with Crippen molar-refractivity contribution in [2.75, 3.05) is 5.32 Å². The highest BCUT2D eigenvalue weighted by Crippen LogP contribution is 2.25. The molecule has 0 bridgehead atoms. The molecule has 0 spiro atoms. The smallest absolute Gasteiger partial charge is 0.278 e. The SMILES string of the molecule is Cc1ccc(C)c(NC(=O)Cn2c3ccccc3c3ncn(Cc4ccccc4)c(=O)c32)c1. The Morgan fingerprint density at radius 2 is 1.73 bits per heavy atom. The molecule has 0 saturated heterocycles. The third kappa shape index (κ3) is 3.91. The average molecular weight is 437 g/mol. The normalized spacial score (nSPS) is 11.2. The van der Waals surface area contributed by atoms with Crippen molar-refractivity contribution in [2.45, 2.75) is 26.9 Å². The van der Waals surface area contributed by atoms with E-state index >= 15 is 0 Å². The Balaban J connectivity index is 1.59. The summed E-state index contributed by atoms with van der Waals surface area (Å²) in [5.74, 6) is -0.191. The van der Waals surface area contributed by atoms with E-state index in [0.717, 1.165) is 33.3 Å². The van der Waals surface area contributed by atoms with Crippen molar-refractivity contribution in [2.24, 2.45) is 0 Å². The Morgan fingerprint density at radius 1 is 0.970 bits per heavy atom. The van der Waals surface area contributed by atoms with Gasteiger partial charge in [-0.2, -0.15) is 0 Å². The van der Waals surface area contributed by atoms with Gasteiger partial charge in [-0.15, -0.1) is 0 Å². The molecule has 3 aromatic carbocycles. The Labute approximate surface area is 191 Å². The molecule has 33 heavy (non-hydrogen) atoms. The van der Waals surface area contributed by atoms with Crippen molar-refractivity contribution in [3.8, 4) is 0 Å². The van der Waals surface area contributed by atoms with Crippen molar-refractivity contribution in [1.29, 1.82) is 0 Å². The number of para-hydroxylation sites is 1. The molecule has 0 unspecified atom stereocenters. The molecular formula is C27H24N4O2. The van der Waals surface area contributed by atoms with Gasteiger partial charge in [0.15, 0.2) is 0 Å². The third-order valence-corrected chi connectivity index (χ3v) is 5.90. The predicted octanol–water partition coefficient (Wildman–Crippen LogP) is 4.66. The highest BCUT2D eigenvalue weighted by molar-refractivity contribution is 6.06. The minimum Gasteiger partial charge on any atom is -0.325 e. The molecule has 0 aliphatic heterocycles. The van der Waals surface area contributed by atoms with Crippen molar-refractivity contribution in [3.05, 3.63) is 106 Å². The van der Waals surface area contributed by atoms with E-state index in [9.17, 15) is 9.59 Å². The maximum Gasteiger partial charge on any atom is 0.278 e. The molecule has 5 rings (SSSR count). The molecule has 0 atom stereocenters. The number of fused-ring (bicyclic) bond motifs is 3. The van der Waals surface area contributed by atoms with Gasteiger partial charge in [0.05, 0.1) is 18.4 Å². The second-order valence-corrected chi connectivity index (χ2v) is 8.33. The van der Waals surface area contributed by atoms with Crippen LogP contribution >= 0.6 is 0 Å². The van der Waals surface area contributed by atoms with Crippen molar-refractivity contribution in [1.82, 2.24) is 14.1 Å². The van der Waals surface area contributed by atoms with Crippen LogP contribution in [0.4, 0.5) is 5.69 Å². The van der Waals surface area contributed by atoms with Crippen LogP contribution in [0, 0.1) is 13.8 Å². The molecular weight excluding hydrogens is 412 g/mol. The van der Waals surface area contributed by atoms with Gasteiger partial charge in [-0.25, -0.2) is 4.98 Å². The van der Waals surface area contributed by atoms with Crippen LogP contribution in [0.25, 0.3) is 21.9 Å². The van der Waals surface area contributed by atoms with Crippen LogP contribution in [-0.4, -0.2) is 20.0 Å². The highest BCUT2D eigenvalue weighted by Gasteiger charge is 2.18. The molecule has 0 aliphatic rings. The van der Waals surface area contributed by atoms with E-state index in [4.69, 9.17) is 0 Å². The standard InChI is InChI=1S/C27H24N4O2/c1-18-12-13-19(2)22(14-18)29-24(32)16-31-23-11-7-6-10-21(23)25-26(31)27(33)30(17-28-25)15-20-8-4-3-5-9-20/h3-14,17H,15-16H2,1-2H3,(H,29,32). The lowest BCUT2D eigenvalue weighted by molar-refractivity contribution is -0.116. The number of hydrogen-bond donors (Lipinski definition) is 1. The number of amides is 1. The summed E-state index contributed by atoms with van der Waals surface area (Å²) in [4.78, 5) is 31.2. The first-order valence-electron chi connectivity index (χ1n) is 10.9. The van der Waals surface area contributed by atoms with Gasteiger partial charge < -0.3 is 9.88 Å². The monoisotopic (exact) mass is 436 g/mol. The largest absolute Gasteiger partial charge is 0.325 e. The maximum absolute atomic E-state index is 13.5. The minimum absolute atomic E-state index is 0.0175. The van der Waals surface area contributed by atoms with Gasteiger partial charge in [-0.1, -0.05) is 60.7 Å². The van der Waals surface area contributed by atoms with Gasteiger partial charge in [-0.05, 0) is 42.7 Å². The number of benzene rings is 3. The molecule has 0 saturated carbocycles. The molecule has 2 heterocycles. The zero-order valence-electron chi connectivity index (χ0n) is 18.6. The zero-order valence-corrected chi connectivity index (χ0v) is 18.6. The van der Waals surface area contributed by atoms with Gasteiger partial charge in [0, 0.05) is 11.1 Å². The van der Waals surface area contributed by atoms with Crippen LogP contribution in [0.2, 0.25) is 0 Å². The fourth-order valence-corrected chi connectivity index (χ4v) is 4.21. The summed E-state index contributed by atoms with van der Waals surface area (Å²) in [6, 6.07) is 23.4. The predicted molar refractivity (Wildman–Crippen MR) is 132 cm³/mol. The number of aromatic nitrogens is 3. The first kappa shape index (κ1) is 20.7. The number of carbonyl (C=O) groups is 1. The minimum atomic E-state index is -0.191. The van der Waals surface area contributed by atoms with Crippen LogP contribution in [0.1, 0.15) is 16.7 Å². The van der Waals surface area contributed by atoms with E-state index < -0.39 is 0 Å². The fraction of sp³-hybridized carbons (Fsp3) is 0.148. The number of anilines is 1. The molecule has 164 valence electrons. The lowest BCUT2D eigenvalue weighted by atomic mass is 10.1. The summed E-state index contributed by atoms with van der Waals surface area (Å²) in [7, 11) is 0. The van der Waals surface area contributed by atoms with Gasteiger partial charge in [0.2, 0.25) is 5.91 Å². The van der Waals surface area contributed by atoms with E-state index in [0.29, 0.717) is 17.6 Å². The quantitative estimate of drug-likeness (QED) is 0.436. The summed E-state index contributed by atoms with van der Waals surface area (Å²) in [6.45, 7) is 4.38. The van der Waals surface area contributed by atoms with Gasteiger partial charge in [0.25, 0.3) is 5.56 Å². The number of hydrogen-bond acceptors (Lipinski definition) is 3. The summed E-state index contributed by atoms with van der Waals surface area (Å²) in [6.07, 6.45) is 1.59. The Kier molecular flexibility index (Phi) is 5.26. The fourth-order valence-electron chi connectivity index (χ4n) is 4.21. The van der Waals surface area contributed by atoms with Gasteiger partial charge in [0.1, 0.15) is 17.6 Å². The van der Waals surface area contributed by atoms with E-state index in [1.54, 1.807) is 15.5 Å². The molecule has 6 heteroatoms. The molecule has 1 N–H and O–H groups in total. The number of nitrogens with one attached hydrogen (secondary N) is 1. The van der Waals surface area contributed by atoms with Gasteiger partial charge >= 0.3 is 0 Å². The Morgan fingerprint density at radius 3 is 2.55 bits per heavy atom. The Hall–Kier alpha value is -4.19. The van der Waals surface area contributed by atoms with Crippen LogP contribution in [-0.2, 0) is 17.9 Å². The summed E-state index contributed by atoms with van der Waals surface area (Å²) < 4.78 is 3.37. The number of rotatable bonds is 5. The molecule has 0 radical (unpaired) electrons. The number of carbonyl (C=O) groups excluding carboxylic acids is 1. The van der Waals surface area contributed by atoms with Crippen LogP contribution in [0.15, 0.2) is 83.9 Å².